The van der Waals surface area contributed by atoms with Gasteiger partial charge in [-0.15, -0.1) is 0 Å². The van der Waals surface area contributed by atoms with E-state index < -0.39 is 58.0 Å². The average molecular weight is 797 g/mol. The van der Waals surface area contributed by atoms with E-state index >= 15 is 0 Å². The number of carbonyl (C=O) groups is 4. The minimum Gasteiger partial charge on any atom is -0.460 e. The number of anilines is 1. The van der Waals surface area contributed by atoms with Crippen molar-refractivity contribution >= 4 is 45.9 Å². The lowest BCUT2D eigenvalue weighted by atomic mass is 10.1. The molecule has 19 heteroatoms. The van der Waals surface area contributed by atoms with Gasteiger partial charge in [-0.2, -0.15) is 4.98 Å². The van der Waals surface area contributed by atoms with E-state index in [1.165, 1.54) is 30.5 Å². The summed E-state index contributed by atoms with van der Waals surface area (Å²) in [6, 6.07) is 15.1. The largest absolute Gasteiger partial charge is 0.460 e. The summed E-state index contributed by atoms with van der Waals surface area (Å²) in [7, 11) is -4.01. The van der Waals surface area contributed by atoms with Crippen molar-refractivity contribution in [1.82, 2.24) is 24.5 Å². The Morgan fingerprint density at radius 3 is 2.38 bits per heavy atom. The number of aromatic nitrogens is 2. The van der Waals surface area contributed by atoms with Crippen molar-refractivity contribution in [3.63, 3.8) is 0 Å². The van der Waals surface area contributed by atoms with Gasteiger partial charge < -0.3 is 30.2 Å². The number of nitrogens with one attached hydrogen (secondary N) is 3. The Morgan fingerprint density at radius 2 is 1.73 bits per heavy atom. The standard InChI is InChI=1S/C37H48N8O10S/c1-6-23-53-32(47)29(13-10-19-39-33(38)43-56(51,52)28-16-14-26(2)15-17-28)45(22-20-40-35(49)55-37(3,4)5)31(46)24-44-21-18-30(41-34(44)48)42-36(50)54-25-27-11-8-7-9-12-27/h6-9,11-12,14-18,21,29H,1,10,13,19-20,22-25H2,2-5H3,(H,40,49)(H3,38,39,43)(H,41,42,48,50)/t29-/m0/s1. The Bertz CT molecular complexity index is 2010. The van der Waals surface area contributed by atoms with Gasteiger partial charge in [0.05, 0.1) is 4.90 Å². The zero-order chi connectivity index (χ0) is 41.3. The molecule has 5 N–H and O–H groups in total. The third-order valence-electron chi connectivity index (χ3n) is 7.44. The Labute approximate surface area is 325 Å². The second kappa shape index (κ2) is 21.0. The number of esters is 1. The fraction of sp³-hybridized carbons (Fsp3) is 0.378. The molecule has 18 nitrogen and oxygen atoms in total. The lowest BCUT2D eigenvalue weighted by Gasteiger charge is -2.31. The lowest BCUT2D eigenvalue weighted by Crippen LogP contribution is -2.51. The number of carbonyl (C=O) groups excluding carboxylic acids is 4. The SMILES string of the molecule is C=CCOC(=O)[C@H](CCCN=C(N)NS(=O)(=O)c1ccc(C)cc1)N(CCNC(=O)OC(C)(C)C)C(=O)Cn1ccc(NC(=O)OCc2ccccc2)nc1=O. The summed E-state index contributed by atoms with van der Waals surface area (Å²) >= 11 is 0. The Kier molecular flexibility index (Phi) is 16.6. The van der Waals surface area contributed by atoms with E-state index in [0.29, 0.717) is 0 Å². The second-order valence-electron chi connectivity index (χ2n) is 13.2. The van der Waals surface area contributed by atoms with Crippen LogP contribution < -0.4 is 26.8 Å². The number of rotatable bonds is 18. The summed E-state index contributed by atoms with van der Waals surface area (Å²) in [5, 5.41) is 4.91. The maximum atomic E-state index is 13.9. The molecule has 0 radical (unpaired) electrons. The van der Waals surface area contributed by atoms with Crippen molar-refractivity contribution < 1.29 is 41.8 Å². The lowest BCUT2D eigenvalue weighted by molar-refractivity contribution is -0.154. The van der Waals surface area contributed by atoms with E-state index in [-0.39, 0.29) is 62.4 Å². The molecule has 1 aromatic heterocycles. The third-order valence-corrected chi connectivity index (χ3v) is 8.81. The van der Waals surface area contributed by atoms with Gasteiger partial charge in [-0.25, -0.2) is 32.3 Å². The average Bonchev–Trinajstić information content (AvgIpc) is 3.12. The summed E-state index contributed by atoms with van der Waals surface area (Å²) in [5.41, 5.74) is 5.78. The summed E-state index contributed by atoms with van der Waals surface area (Å²) in [6.07, 6.45) is 1.03. The molecule has 0 saturated heterocycles. The van der Waals surface area contributed by atoms with Gasteiger partial charge in [-0.1, -0.05) is 60.7 Å². The smallest absolute Gasteiger partial charge is 0.413 e. The molecule has 0 spiro atoms. The fourth-order valence-corrected chi connectivity index (χ4v) is 5.79. The van der Waals surface area contributed by atoms with Gasteiger partial charge >= 0.3 is 23.8 Å². The fourth-order valence-electron chi connectivity index (χ4n) is 4.83. The number of amides is 3. The maximum Gasteiger partial charge on any atom is 0.413 e. The van der Waals surface area contributed by atoms with Crippen LogP contribution in [0.2, 0.25) is 0 Å². The van der Waals surface area contributed by atoms with E-state index in [4.69, 9.17) is 19.9 Å². The molecule has 0 unspecified atom stereocenters. The first-order chi connectivity index (χ1) is 26.5. The zero-order valence-corrected chi connectivity index (χ0v) is 32.5. The Morgan fingerprint density at radius 1 is 1.04 bits per heavy atom. The molecule has 1 heterocycles. The van der Waals surface area contributed by atoms with Crippen LogP contribution in [0.15, 0.2) is 94.2 Å². The van der Waals surface area contributed by atoms with Gasteiger partial charge in [0.15, 0.2) is 0 Å². The molecule has 0 fully saturated rings. The van der Waals surface area contributed by atoms with Crippen LogP contribution in [0.4, 0.5) is 15.4 Å². The number of nitrogens with two attached hydrogens (primary N) is 1. The molecule has 1 atom stereocenters. The van der Waals surface area contributed by atoms with E-state index in [2.05, 4.69) is 31.9 Å². The molecule has 0 aliphatic rings. The molecule has 3 aromatic rings. The molecule has 0 bridgehead atoms. The first-order valence-corrected chi connectivity index (χ1v) is 18.9. The van der Waals surface area contributed by atoms with Crippen molar-refractivity contribution in [3.8, 4) is 0 Å². The number of sulfonamides is 1. The molecule has 3 rings (SSSR count). The number of hydrogen-bond donors (Lipinski definition) is 4. The number of ether oxygens (including phenoxy) is 3. The minimum atomic E-state index is -4.01. The summed E-state index contributed by atoms with van der Waals surface area (Å²) < 4.78 is 44.3. The number of benzene rings is 2. The quantitative estimate of drug-likeness (QED) is 0.0363. The Balaban J connectivity index is 1.77. The number of aliphatic imine (C=N–C) groups is 1. The van der Waals surface area contributed by atoms with E-state index in [9.17, 15) is 32.4 Å². The zero-order valence-electron chi connectivity index (χ0n) is 31.7. The summed E-state index contributed by atoms with van der Waals surface area (Å²) in [6.45, 7) is 9.19. The normalized spacial score (nSPS) is 12.1. The van der Waals surface area contributed by atoms with Gasteiger partial charge in [0, 0.05) is 25.8 Å². The van der Waals surface area contributed by atoms with Gasteiger partial charge in [-0.05, 0) is 64.3 Å². The van der Waals surface area contributed by atoms with Crippen LogP contribution in [-0.2, 0) is 47.0 Å². The van der Waals surface area contributed by atoms with Crippen molar-refractivity contribution in [1.29, 1.82) is 0 Å². The number of alkyl carbamates (subject to hydrolysis) is 1. The minimum absolute atomic E-state index is 0.0121. The number of guanidine groups is 1. The van der Waals surface area contributed by atoms with Crippen molar-refractivity contribution in [2.75, 3.05) is 31.6 Å². The first kappa shape index (κ1) is 44.2. The highest BCUT2D eigenvalue weighted by Gasteiger charge is 2.31. The topological polar surface area (TPSA) is 243 Å². The van der Waals surface area contributed by atoms with Crippen LogP contribution in [-0.4, -0.2) is 90.8 Å². The second-order valence-corrected chi connectivity index (χ2v) is 14.9. The molecule has 2 aromatic carbocycles. The molecule has 0 saturated carbocycles. The van der Waals surface area contributed by atoms with E-state index in [1.54, 1.807) is 57.2 Å². The molecule has 302 valence electrons. The number of nitrogens with zero attached hydrogens (tertiary/aromatic N) is 4. The molecule has 3 amide bonds. The third kappa shape index (κ3) is 15.2. The van der Waals surface area contributed by atoms with Crippen LogP contribution in [0, 0.1) is 6.92 Å². The monoisotopic (exact) mass is 796 g/mol. The van der Waals surface area contributed by atoms with Gasteiger partial charge in [0.2, 0.25) is 11.9 Å². The maximum absolute atomic E-state index is 13.9. The van der Waals surface area contributed by atoms with Crippen molar-refractivity contribution in [2.24, 2.45) is 10.7 Å². The number of aryl methyl sites for hydroxylation is 1. The van der Waals surface area contributed by atoms with Crippen LogP contribution in [0.3, 0.4) is 0 Å². The summed E-state index contributed by atoms with van der Waals surface area (Å²) in [4.78, 5) is 73.9. The predicted molar refractivity (Wildman–Crippen MR) is 207 cm³/mol. The first-order valence-electron chi connectivity index (χ1n) is 17.5. The van der Waals surface area contributed by atoms with Gasteiger partial charge in [0.25, 0.3) is 10.0 Å². The highest BCUT2D eigenvalue weighted by atomic mass is 32.2. The predicted octanol–water partition coefficient (Wildman–Crippen LogP) is 2.82. The van der Waals surface area contributed by atoms with Crippen LogP contribution in [0.1, 0.15) is 44.7 Å². The molecular weight excluding hydrogens is 749 g/mol. The highest BCUT2D eigenvalue weighted by Crippen LogP contribution is 2.14. The molecule has 0 aliphatic carbocycles. The van der Waals surface area contributed by atoms with E-state index in [1.807, 2.05) is 13.0 Å². The van der Waals surface area contributed by atoms with Crippen LogP contribution in [0.25, 0.3) is 0 Å². The highest BCUT2D eigenvalue weighted by molar-refractivity contribution is 7.90. The van der Waals surface area contributed by atoms with Gasteiger partial charge in [0.1, 0.15) is 37.2 Å². The number of hydrogen-bond acceptors (Lipinski definition) is 12. The summed E-state index contributed by atoms with van der Waals surface area (Å²) in [5.74, 6) is -2.05. The Hall–Kier alpha value is -6.24. The molecule has 0 aliphatic heterocycles. The van der Waals surface area contributed by atoms with Crippen LogP contribution >= 0.6 is 0 Å². The van der Waals surface area contributed by atoms with Crippen molar-refractivity contribution in [2.45, 2.75) is 70.2 Å². The molecule has 56 heavy (non-hydrogen) atoms. The van der Waals surface area contributed by atoms with Crippen molar-refractivity contribution in [3.05, 3.63) is 101 Å². The van der Waals surface area contributed by atoms with Crippen LogP contribution in [0.5, 0.6) is 0 Å². The molecular formula is C37H48N8O10S. The van der Waals surface area contributed by atoms with E-state index in [0.717, 1.165) is 20.6 Å². The van der Waals surface area contributed by atoms with Gasteiger partial charge in [-0.3, -0.25) is 19.7 Å².